The first kappa shape index (κ1) is 19.8. The van der Waals surface area contributed by atoms with Crippen LogP contribution in [0.5, 0.6) is 5.75 Å². The van der Waals surface area contributed by atoms with E-state index in [0.717, 1.165) is 12.0 Å². The molecule has 138 valence electrons. The van der Waals surface area contributed by atoms with Gasteiger partial charge < -0.3 is 14.8 Å². The van der Waals surface area contributed by atoms with E-state index in [9.17, 15) is 9.59 Å². The van der Waals surface area contributed by atoms with Gasteiger partial charge in [0.25, 0.3) is 5.91 Å². The van der Waals surface area contributed by atoms with E-state index in [-0.39, 0.29) is 5.91 Å². The molecule has 0 saturated carbocycles. The fourth-order valence-electron chi connectivity index (χ4n) is 2.19. The van der Waals surface area contributed by atoms with E-state index >= 15 is 0 Å². The molecule has 1 N–H and O–H groups in total. The van der Waals surface area contributed by atoms with Crippen LogP contribution in [0.4, 0.5) is 5.69 Å². The molecule has 5 nitrogen and oxygen atoms in total. The summed E-state index contributed by atoms with van der Waals surface area (Å²) in [5.74, 6) is -0.174. The fourth-order valence-corrected chi connectivity index (χ4v) is 2.31. The van der Waals surface area contributed by atoms with Gasteiger partial charge in [-0.25, -0.2) is 4.79 Å². The molecule has 0 spiro atoms. The highest BCUT2D eigenvalue weighted by Gasteiger charge is 2.16. The van der Waals surface area contributed by atoms with Crippen molar-refractivity contribution in [2.75, 3.05) is 11.9 Å². The Bertz CT molecular complexity index is 791. The second-order valence-electron chi connectivity index (χ2n) is 5.88. The number of nitrogens with one attached hydrogen (secondary N) is 1. The molecule has 1 unspecified atom stereocenters. The van der Waals surface area contributed by atoms with Gasteiger partial charge in [-0.15, -0.1) is 0 Å². The van der Waals surface area contributed by atoms with E-state index in [1.807, 2.05) is 13.8 Å². The van der Waals surface area contributed by atoms with E-state index in [1.165, 1.54) is 0 Å². The van der Waals surface area contributed by atoms with E-state index in [2.05, 4.69) is 5.32 Å². The van der Waals surface area contributed by atoms with Gasteiger partial charge >= 0.3 is 5.97 Å². The van der Waals surface area contributed by atoms with Gasteiger partial charge in [-0.2, -0.15) is 0 Å². The number of benzene rings is 2. The van der Waals surface area contributed by atoms with Crippen LogP contribution >= 0.6 is 11.6 Å². The lowest BCUT2D eigenvalue weighted by Crippen LogP contribution is -2.30. The number of amides is 1. The Morgan fingerprint density at radius 1 is 1.19 bits per heavy atom. The van der Waals surface area contributed by atoms with Crippen molar-refractivity contribution in [1.82, 2.24) is 0 Å². The van der Waals surface area contributed by atoms with Crippen molar-refractivity contribution in [1.29, 1.82) is 0 Å². The lowest BCUT2D eigenvalue weighted by Gasteiger charge is -2.15. The van der Waals surface area contributed by atoms with Gasteiger partial charge in [0.15, 0.2) is 6.10 Å². The van der Waals surface area contributed by atoms with Gasteiger partial charge in [-0.1, -0.05) is 24.6 Å². The largest absolute Gasteiger partial charge is 0.481 e. The zero-order chi connectivity index (χ0) is 19.1. The number of anilines is 1. The number of hydrogen-bond donors (Lipinski definition) is 1. The molecule has 0 aliphatic carbocycles. The molecule has 2 aromatic carbocycles. The van der Waals surface area contributed by atoms with Crippen LogP contribution in [0.3, 0.4) is 0 Å². The van der Waals surface area contributed by atoms with Crippen LogP contribution in [-0.2, 0) is 9.53 Å². The minimum Gasteiger partial charge on any atom is -0.481 e. The molecule has 1 atom stereocenters. The maximum absolute atomic E-state index is 12.3. The lowest BCUT2D eigenvalue weighted by atomic mass is 10.2. The molecule has 2 aromatic rings. The number of rotatable bonds is 7. The van der Waals surface area contributed by atoms with Crippen LogP contribution in [0.2, 0.25) is 5.02 Å². The zero-order valence-electron chi connectivity index (χ0n) is 15.0. The normalized spacial score (nSPS) is 11.5. The van der Waals surface area contributed by atoms with Crippen molar-refractivity contribution in [2.24, 2.45) is 0 Å². The highest BCUT2D eigenvalue weighted by Crippen LogP contribution is 2.22. The average Bonchev–Trinajstić information content (AvgIpc) is 2.63. The van der Waals surface area contributed by atoms with Gasteiger partial charge in [0.05, 0.1) is 12.2 Å². The fraction of sp³-hybridized carbons (Fsp3) is 0.300. The van der Waals surface area contributed by atoms with Gasteiger partial charge in [0.2, 0.25) is 0 Å². The number of hydrogen-bond acceptors (Lipinski definition) is 4. The number of carbonyl (C=O) groups is 2. The quantitative estimate of drug-likeness (QED) is 0.717. The standard InChI is InChI=1S/C20H22ClNO4/c1-4-10-25-20(24)15-6-5-7-16(12-15)22-19(23)14(3)26-17-8-9-18(21)13(2)11-17/h5-9,11-12,14H,4,10H2,1-3H3,(H,22,23). The molecule has 0 bridgehead atoms. The number of carbonyl (C=O) groups excluding carboxylic acids is 2. The summed E-state index contributed by atoms with van der Waals surface area (Å²) in [7, 11) is 0. The van der Waals surface area contributed by atoms with E-state index < -0.39 is 12.1 Å². The summed E-state index contributed by atoms with van der Waals surface area (Å²) in [5.41, 5.74) is 1.76. The molecule has 1 amide bonds. The monoisotopic (exact) mass is 375 g/mol. The van der Waals surface area contributed by atoms with Gasteiger partial charge in [-0.05, 0) is 62.2 Å². The number of aryl methyl sites for hydroxylation is 1. The number of halogens is 1. The maximum atomic E-state index is 12.3. The first-order valence-corrected chi connectivity index (χ1v) is 8.79. The minimum atomic E-state index is -0.716. The van der Waals surface area contributed by atoms with Crippen molar-refractivity contribution in [2.45, 2.75) is 33.3 Å². The number of ether oxygens (including phenoxy) is 2. The second-order valence-corrected chi connectivity index (χ2v) is 6.28. The summed E-state index contributed by atoms with van der Waals surface area (Å²) < 4.78 is 10.8. The molecule has 0 aromatic heterocycles. The van der Waals surface area contributed by atoms with E-state index in [4.69, 9.17) is 21.1 Å². The topological polar surface area (TPSA) is 64.6 Å². The molecule has 0 aliphatic rings. The molecule has 0 saturated heterocycles. The van der Waals surface area contributed by atoms with Gasteiger partial charge in [0.1, 0.15) is 5.75 Å². The Labute approximate surface area is 158 Å². The summed E-state index contributed by atoms with van der Waals surface area (Å²) in [6.45, 7) is 5.80. The van der Waals surface area contributed by atoms with Crippen LogP contribution < -0.4 is 10.1 Å². The van der Waals surface area contributed by atoms with Crippen LogP contribution in [0, 0.1) is 6.92 Å². The predicted molar refractivity (Wildman–Crippen MR) is 102 cm³/mol. The third-order valence-electron chi connectivity index (χ3n) is 3.61. The molecular weight excluding hydrogens is 354 g/mol. The highest BCUT2D eigenvalue weighted by molar-refractivity contribution is 6.31. The Morgan fingerprint density at radius 2 is 1.96 bits per heavy atom. The minimum absolute atomic E-state index is 0.323. The average molecular weight is 376 g/mol. The smallest absolute Gasteiger partial charge is 0.338 e. The molecule has 2 rings (SSSR count). The molecular formula is C20H22ClNO4. The second kappa shape index (κ2) is 9.25. The zero-order valence-corrected chi connectivity index (χ0v) is 15.8. The summed E-state index contributed by atoms with van der Waals surface area (Å²) in [4.78, 5) is 24.2. The summed E-state index contributed by atoms with van der Waals surface area (Å²) in [5, 5.41) is 3.38. The third kappa shape index (κ3) is 5.49. The molecule has 0 heterocycles. The summed E-state index contributed by atoms with van der Waals surface area (Å²) >= 11 is 5.99. The summed E-state index contributed by atoms with van der Waals surface area (Å²) in [6.07, 6.45) is 0.0348. The Kier molecular flexibility index (Phi) is 7.04. The predicted octanol–water partition coefficient (Wildman–Crippen LogP) is 4.62. The lowest BCUT2D eigenvalue weighted by molar-refractivity contribution is -0.122. The Morgan fingerprint density at radius 3 is 2.65 bits per heavy atom. The molecule has 0 aliphatic heterocycles. The van der Waals surface area contributed by atoms with Crippen molar-refractivity contribution in [3.05, 3.63) is 58.6 Å². The molecule has 0 fully saturated rings. The van der Waals surface area contributed by atoms with Crippen molar-refractivity contribution >= 4 is 29.2 Å². The SMILES string of the molecule is CCCOC(=O)c1cccc(NC(=O)C(C)Oc2ccc(Cl)c(C)c2)c1. The first-order valence-electron chi connectivity index (χ1n) is 8.41. The summed E-state index contributed by atoms with van der Waals surface area (Å²) in [6, 6.07) is 11.8. The van der Waals surface area contributed by atoms with Crippen molar-refractivity contribution < 1.29 is 19.1 Å². The highest BCUT2D eigenvalue weighted by atomic mass is 35.5. The maximum Gasteiger partial charge on any atom is 0.338 e. The molecule has 26 heavy (non-hydrogen) atoms. The van der Waals surface area contributed by atoms with E-state index in [0.29, 0.717) is 28.6 Å². The van der Waals surface area contributed by atoms with Gasteiger partial charge in [0, 0.05) is 10.7 Å². The first-order chi connectivity index (χ1) is 12.4. The van der Waals surface area contributed by atoms with Crippen molar-refractivity contribution in [3.8, 4) is 5.75 Å². The van der Waals surface area contributed by atoms with Gasteiger partial charge in [-0.3, -0.25) is 4.79 Å². The molecule has 0 radical (unpaired) electrons. The Hall–Kier alpha value is -2.53. The molecule has 6 heteroatoms. The van der Waals surface area contributed by atoms with Crippen LogP contribution in [-0.4, -0.2) is 24.6 Å². The third-order valence-corrected chi connectivity index (χ3v) is 4.04. The van der Waals surface area contributed by atoms with Crippen LogP contribution in [0.25, 0.3) is 0 Å². The van der Waals surface area contributed by atoms with Crippen molar-refractivity contribution in [3.63, 3.8) is 0 Å². The van der Waals surface area contributed by atoms with Crippen LogP contribution in [0.15, 0.2) is 42.5 Å². The van der Waals surface area contributed by atoms with E-state index in [1.54, 1.807) is 49.4 Å². The Balaban J connectivity index is 1.99. The van der Waals surface area contributed by atoms with Crippen LogP contribution in [0.1, 0.15) is 36.2 Å². The number of esters is 1.